The molecule has 0 aliphatic carbocycles. The zero-order valence-corrected chi connectivity index (χ0v) is 5.58. The van der Waals surface area contributed by atoms with E-state index < -0.39 is 31.4 Å². The molecule has 7 heteroatoms. The first-order valence-electron chi connectivity index (χ1n) is 2.85. The molecule has 0 aromatic rings. The third kappa shape index (κ3) is 2.86. The van der Waals surface area contributed by atoms with Crippen LogP contribution in [0.25, 0.3) is 0 Å². The van der Waals surface area contributed by atoms with Gasteiger partial charge in [0.15, 0.2) is 6.17 Å². The molecule has 0 nitrogen and oxygen atoms in total. The van der Waals surface area contributed by atoms with E-state index in [1.54, 1.807) is 0 Å². The van der Waals surface area contributed by atoms with Crippen LogP contribution in [0.5, 0.6) is 0 Å². The zero-order chi connectivity index (χ0) is 9.94. The van der Waals surface area contributed by atoms with E-state index in [1.165, 1.54) is 0 Å². The minimum atomic E-state index is -5.26. The molecule has 12 heavy (non-hydrogen) atoms. The first-order chi connectivity index (χ1) is 5.30. The summed E-state index contributed by atoms with van der Waals surface area (Å²) in [5.74, 6) is -3.22. The molecule has 0 amide bonds. The topological polar surface area (TPSA) is 0 Å². The molecule has 2 unspecified atom stereocenters. The van der Waals surface area contributed by atoms with Crippen LogP contribution >= 0.6 is 0 Å². The number of rotatable bonds is 3. The van der Waals surface area contributed by atoms with Crippen LogP contribution in [0.15, 0.2) is 0 Å². The molecule has 0 aromatic carbocycles. The Morgan fingerprint density at radius 3 is 1.50 bits per heavy atom. The van der Waals surface area contributed by atoms with E-state index in [4.69, 9.17) is 0 Å². The molecule has 0 N–H and O–H groups in total. The second kappa shape index (κ2) is 3.95. The molecule has 0 saturated heterocycles. The highest BCUT2D eigenvalue weighted by Gasteiger charge is 2.48. The molecule has 0 heterocycles. The monoisotopic (exact) mass is 198 g/mol. The normalized spacial score (nSPS) is 18.0. The van der Waals surface area contributed by atoms with Gasteiger partial charge >= 0.3 is 6.18 Å². The first-order valence-corrected chi connectivity index (χ1v) is 2.85. The molecule has 74 valence electrons. The van der Waals surface area contributed by atoms with Gasteiger partial charge in [0, 0.05) is 0 Å². The van der Waals surface area contributed by atoms with Crippen molar-refractivity contribution in [2.75, 3.05) is 6.67 Å². The van der Waals surface area contributed by atoms with Crippen molar-refractivity contribution in [3.8, 4) is 0 Å². The Morgan fingerprint density at radius 2 is 1.42 bits per heavy atom. The van der Waals surface area contributed by atoms with Gasteiger partial charge in [0.2, 0.25) is 0 Å². The van der Waals surface area contributed by atoms with Gasteiger partial charge < -0.3 is 0 Å². The van der Waals surface area contributed by atoms with Crippen molar-refractivity contribution in [1.29, 1.82) is 0 Å². The van der Waals surface area contributed by atoms with Crippen LogP contribution in [0.3, 0.4) is 0 Å². The van der Waals surface area contributed by atoms with Crippen LogP contribution in [0.4, 0.5) is 30.7 Å². The van der Waals surface area contributed by atoms with Crippen molar-refractivity contribution in [2.24, 2.45) is 5.92 Å². The maximum absolute atomic E-state index is 12.0. The van der Waals surface area contributed by atoms with Crippen LogP contribution in [-0.4, -0.2) is 25.4 Å². The summed E-state index contributed by atoms with van der Waals surface area (Å²) >= 11 is 0. The Kier molecular flexibility index (Phi) is 3.79. The van der Waals surface area contributed by atoms with Gasteiger partial charge in [-0.3, -0.25) is 4.39 Å². The molecule has 0 saturated carbocycles. The zero-order valence-electron chi connectivity index (χ0n) is 5.58. The van der Waals surface area contributed by atoms with Crippen molar-refractivity contribution in [1.82, 2.24) is 0 Å². The lowest BCUT2D eigenvalue weighted by molar-refractivity contribution is -0.207. The van der Waals surface area contributed by atoms with Crippen molar-refractivity contribution in [3.05, 3.63) is 0 Å². The lowest BCUT2D eigenvalue weighted by Gasteiger charge is -2.19. The second-order valence-electron chi connectivity index (χ2n) is 2.08. The van der Waals surface area contributed by atoms with E-state index in [0.29, 0.717) is 0 Å². The maximum Gasteiger partial charge on any atom is 0.397 e. The Hall–Kier alpha value is -0.490. The molecule has 0 bridgehead atoms. The summed E-state index contributed by atoms with van der Waals surface area (Å²) in [5.41, 5.74) is 0. The molecule has 0 aliphatic rings. The predicted molar refractivity (Wildman–Crippen MR) is 26.4 cm³/mol. The van der Waals surface area contributed by atoms with Crippen molar-refractivity contribution in [2.45, 2.75) is 18.8 Å². The van der Waals surface area contributed by atoms with Crippen molar-refractivity contribution >= 4 is 0 Å². The average Bonchev–Trinajstić information content (AvgIpc) is 1.85. The quantitative estimate of drug-likeness (QED) is 0.611. The lowest BCUT2D eigenvalue weighted by Crippen LogP contribution is -2.37. The predicted octanol–water partition coefficient (Wildman–Crippen LogP) is 2.74. The fraction of sp³-hybridized carbons (Fsp3) is 1.00. The minimum absolute atomic E-state index is 2.17. The molecule has 0 aliphatic heterocycles. The highest BCUT2D eigenvalue weighted by molar-refractivity contribution is 4.77. The van der Waals surface area contributed by atoms with E-state index in [-0.39, 0.29) is 0 Å². The molecule has 0 radical (unpaired) electrons. The van der Waals surface area contributed by atoms with Gasteiger partial charge in [-0.25, -0.2) is 13.2 Å². The molecular formula is C5H5F7. The number of hydrogen-bond acceptors (Lipinski definition) is 0. The van der Waals surface area contributed by atoms with Crippen LogP contribution in [0.2, 0.25) is 0 Å². The molecule has 0 rings (SSSR count). The summed E-state index contributed by atoms with van der Waals surface area (Å²) in [6.45, 7) is -2.17. The number of alkyl halides is 7. The summed E-state index contributed by atoms with van der Waals surface area (Å²) in [5, 5.41) is 0. The second-order valence-corrected chi connectivity index (χ2v) is 2.08. The van der Waals surface area contributed by atoms with Gasteiger partial charge in [0.25, 0.3) is 6.43 Å². The van der Waals surface area contributed by atoms with Gasteiger partial charge in [-0.2, -0.15) is 13.2 Å². The van der Waals surface area contributed by atoms with E-state index in [9.17, 15) is 30.7 Å². The van der Waals surface area contributed by atoms with E-state index in [2.05, 4.69) is 0 Å². The number of hydrogen-bond donors (Lipinski definition) is 0. The summed E-state index contributed by atoms with van der Waals surface area (Å²) in [6.07, 6.45) is -12.6. The van der Waals surface area contributed by atoms with Crippen LogP contribution in [-0.2, 0) is 0 Å². The Balaban J connectivity index is 4.35. The van der Waals surface area contributed by atoms with Gasteiger partial charge in [-0.15, -0.1) is 0 Å². The van der Waals surface area contributed by atoms with Crippen molar-refractivity contribution < 1.29 is 30.7 Å². The van der Waals surface area contributed by atoms with Gasteiger partial charge in [-0.1, -0.05) is 0 Å². The van der Waals surface area contributed by atoms with Gasteiger partial charge in [0.05, 0.1) is 0 Å². The number of halogens is 7. The SMILES string of the molecule is FCC(C(F)C(F)F)C(F)(F)F. The summed E-state index contributed by atoms with van der Waals surface area (Å²) in [7, 11) is 0. The Bertz CT molecular complexity index is 128. The van der Waals surface area contributed by atoms with E-state index in [1.807, 2.05) is 0 Å². The highest BCUT2D eigenvalue weighted by atomic mass is 19.4. The summed E-state index contributed by atoms with van der Waals surface area (Å²) in [6, 6.07) is 0. The highest BCUT2D eigenvalue weighted by Crippen LogP contribution is 2.33. The molecule has 2 atom stereocenters. The smallest absolute Gasteiger partial charge is 0.250 e. The van der Waals surface area contributed by atoms with Crippen LogP contribution < -0.4 is 0 Å². The van der Waals surface area contributed by atoms with Crippen LogP contribution in [0.1, 0.15) is 0 Å². The minimum Gasteiger partial charge on any atom is -0.250 e. The lowest BCUT2D eigenvalue weighted by atomic mass is 10.1. The first kappa shape index (κ1) is 11.5. The largest absolute Gasteiger partial charge is 0.397 e. The molecule has 0 spiro atoms. The fourth-order valence-corrected chi connectivity index (χ4v) is 0.529. The standard InChI is InChI=1S/C5H5F7/c6-1-2(5(10,11)12)3(7)4(8)9/h2-4H,1H2. The van der Waals surface area contributed by atoms with Crippen LogP contribution in [0, 0.1) is 5.92 Å². The maximum atomic E-state index is 12.0. The molecular weight excluding hydrogens is 193 g/mol. The molecule has 0 aromatic heterocycles. The fourth-order valence-electron chi connectivity index (χ4n) is 0.529. The summed E-state index contributed by atoms with van der Waals surface area (Å²) in [4.78, 5) is 0. The van der Waals surface area contributed by atoms with Gasteiger partial charge in [-0.05, 0) is 0 Å². The van der Waals surface area contributed by atoms with E-state index in [0.717, 1.165) is 0 Å². The third-order valence-electron chi connectivity index (χ3n) is 1.21. The Labute approximate surface area is 63.4 Å². The molecule has 0 fully saturated rings. The Morgan fingerprint density at radius 1 is 1.00 bits per heavy atom. The van der Waals surface area contributed by atoms with E-state index >= 15 is 0 Å². The van der Waals surface area contributed by atoms with Crippen molar-refractivity contribution in [3.63, 3.8) is 0 Å². The van der Waals surface area contributed by atoms with Gasteiger partial charge in [0.1, 0.15) is 12.6 Å². The summed E-state index contributed by atoms with van der Waals surface area (Å²) < 4.78 is 80.7. The average molecular weight is 198 g/mol. The third-order valence-corrected chi connectivity index (χ3v) is 1.21.